The maximum atomic E-state index is 14.4. The van der Waals surface area contributed by atoms with Crippen LogP contribution in [-0.2, 0) is 11.4 Å². The molecule has 0 radical (unpaired) electrons. The van der Waals surface area contributed by atoms with Crippen molar-refractivity contribution < 1.29 is 19.1 Å². The van der Waals surface area contributed by atoms with Crippen molar-refractivity contribution in [3.63, 3.8) is 0 Å². The lowest BCUT2D eigenvalue weighted by Crippen LogP contribution is -2.10. The van der Waals surface area contributed by atoms with Crippen molar-refractivity contribution in [2.45, 2.75) is 27.3 Å². The highest BCUT2D eigenvalue weighted by Gasteiger charge is 2.18. The van der Waals surface area contributed by atoms with Gasteiger partial charge in [0.1, 0.15) is 11.5 Å². The van der Waals surface area contributed by atoms with E-state index in [2.05, 4.69) is 26.7 Å². The number of aromatic nitrogens is 2. The van der Waals surface area contributed by atoms with Gasteiger partial charge in [0.15, 0.2) is 6.29 Å². The first-order valence-corrected chi connectivity index (χ1v) is 11.8. The predicted molar refractivity (Wildman–Crippen MR) is 143 cm³/mol. The van der Waals surface area contributed by atoms with Crippen molar-refractivity contribution in [1.29, 1.82) is 5.26 Å². The van der Waals surface area contributed by atoms with Gasteiger partial charge in [0.2, 0.25) is 0 Å². The molecule has 0 fully saturated rings. The minimum atomic E-state index is -0.395. The number of benzene rings is 2. The molecule has 0 saturated heterocycles. The molecule has 4 rings (SSSR count). The zero-order valence-electron chi connectivity index (χ0n) is 21.5. The van der Waals surface area contributed by atoms with Crippen LogP contribution in [0.5, 0.6) is 0 Å². The number of aliphatic hydroxyl groups is 1. The number of carbonyl (C=O) groups is 1. The zero-order valence-corrected chi connectivity index (χ0v) is 21.5. The van der Waals surface area contributed by atoms with Crippen molar-refractivity contribution in [2.24, 2.45) is 0 Å². The fourth-order valence-corrected chi connectivity index (χ4v) is 3.57. The molecular weight excluding hydrogens is 473 g/mol. The average molecular weight is 506 g/mol. The Morgan fingerprint density at radius 2 is 2.00 bits per heavy atom. The van der Waals surface area contributed by atoms with Crippen molar-refractivity contribution in [1.82, 2.24) is 15.0 Å². The van der Waals surface area contributed by atoms with Gasteiger partial charge in [0.25, 0.3) is 0 Å². The number of nitrogens with one attached hydrogen (secondary N) is 2. The second-order valence-electron chi connectivity index (χ2n) is 7.55. The van der Waals surface area contributed by atoms with Crippen LogP contribution in [0.2, 0.25) is 0 Å². The van der Waals surface area contributed by atoms with Crippen LogP contribution in [0, 0.1) is 24.1 Å². The van der Waals surface area contributed by atoms with E-state index in [0.717, 1.165) is 22.9 Å². The van der Waals surface area contributed by atoms with Crippen molar-refractivity contribution in [2.75, 3.05) is 25.6 Å². The van der Waals surface area contributed by atoms with Crippen molar-refractivity contribution >= 4 is 28.6 Å². The van der Waals surface area contributed by atoms with Crippen LogP contribution >= 0.6 is 0 Å². The Morgan fingerprint density at radius 3 is 2.62 bits per heavy atom. The maximum Gasteiger partial charge on any atom is 0.168 e. The molecule has 2 heterocycles. The van der Waals surface area contributed by atoms with Gasteiger partial charge in [0, 0.05) is 31.4 Å². The highest BCUT2D eigenvalue weighted by Crippen LogP contribution is 2.33. The highest BCUT2D eigenvalue weighted by molar-refractivity contribution is 6.03. The Bertz CT molecular complexity index is 1340. The molecule has 194 valence electrons. The highest BCUT2D eigenvalue weighted by atomic mass is 19.1. The van der Waals surface area contributed by atoms with E-state index in [-0.39, 0.29) is 12.3 Å². The van der Waals surface area contributed by atoms with Crippen LogP contribution in [0.3, 0.4) is 0 Å². The first kappa shape index (κ1) is 29.1. The molecular formula is C28H32FN5O3. The molecule has 0 aliphatic carbocycles. The summed E-state index contributed by atoms with van der Waals surface area (Å²) in [6, 6.07) is 16.0. The number of fused-ring (bicyclic) bond motifs is 1. The van der Waals surface area contributed by atoms with E-state index in [4.69, 9.17) is 10.4 Å². The number of pyridine rings is 1. The quantitative estimate of drug-likeness (QED) is 0.173. The standard InChI is InChI=1S/C23H17FN4O.C3H9NO2.C2H6/c1-15-5-6-20(19(24)9-15)27-23-18-12-26-8-7-21(18)28(22(23)14-29)13-17-4-2-3-16(10-17)11-25;1-4-6-3-2-5;1-2/h2-10,12,14,27H,13H2,1H3;4-5H,2-3H2,1H3;1-2H3. The molecule has 3 N–H and O–H groups in total. The Kier molecular flexibility index (Phi) is 11.9. The largest absolute Gasteiger partial charge is 0.394 e. The molecule has 4 aromatic rings. The first-order chi connectivity index (χ1) is 18.0. The molecule has 0 atom stereocenters. The first-order valence-electron chi connectivity index (χ1n) is 11.8. The number of carbonyl (C=O) groups excluding carboxylic acids is 1. The van der Waals surface area contributed by atoms with Gasteiger partial charge in [-0.1, -0.05) is 32.0 Å². The number of rotatable bonds is 8. The summed E-state index contributed by atoms with van der Waals surface area (Å²) in [4.78, 5) is 20.7. The molecule has 0 aliphatic rings. The van der Waals surface area contributed by atoms with Crippen LogP contribution in [0.1, 0.15) is 41.0 Å². The second-order valence-corrected chi connectivity index (χ2v) is 7.55. The number of nitrogens with zero attached hydrogens (tertiary/aromatic N) is 3. The van der Waals surface area contributed by atoms with E-state index >= 15 is 0 Å². The van der Waals surface area contributed by atoms with Gasteiger partial charge >= 0.3 is 0 Å². The summed E-state index contributed by atoms with van der Waals surface area (Å²) < 4.78 is 16.2. The second kappa shape index (κ2) is 15.1. The van der Waals surface area contributed by atoms with Gasteiger partial charge in [0.05, 0.1) is 41.7 Å². The molecule has 0 saturated carbocycles. The molecule has 8 nitrogen and oxygen atoms in total. The van der Waals surface area contributed by atoms with Crippen molar-refractivity contribution in [3.05, 3.63) is 89.1 Å². The number of aldehydes is 1. The van der Waals surface area contributed by atoms with E-state index in [0.29, 0.717) is 35.5 Å². The number of hydrogen-bond acceptors (Lipinski definition) is 7. The molecule has 2 aromatic carbocycles. The Hall–Kier alpha value is -4.10. The summed E-state index contributed by atoms with van der Waals surface area (Å²) >= 11 is 0. The number of hydrogen-bond donors (Lipinski definition) is 3. The number of hydroxylamine groups is 1. The summed E-state index contributed by atoms with van der Waals surface area (Å²) in [6.07, 6.45) is 4.05. The van der Waals surface area contributed by atoms with Crippen LogP contribution in [0.4, 0.5) is 15.8 Å². The summed E-state index contributed by atoms with van der Waals surface area (Å²) in [5.74, 6) is -0.395. The minimum absolute atomic E-state index is 0.0703. The van der Waals surface area contributed by atoms with E-state index < -0.39 is 5.82 Å². The number of aryl methyl sites for hydroxylation is 1. The van der Waals surface area contributed by atoms with Crippen LogP contribution in [-0.4, -0.2) is 41.2 Å². The van der Waals surface area contributed by atoms with Crippen LogP contribution in [0.15, 0.2) is 60.9 Å². The summed E-state index contributed by atoms with van der Waals surface area (Å²) in [7, 11) is 1.65. The normalized spacial score (nSPS) is 9.97. The van der Waals surface area contributed by atoms with Gasteiger partial charge in [-0.3, -0.25) is 14.6 Å². The summed E-state index contributed by atoms with van der Waals surface area (Å²) in [5, 5.41) is 21.0. The fourth-order valence-electron chi connectivity index (χ4n) is 3.57. The fraction of sp³-hybridized carbons (Fsp3) is 0.250. The topological polar surface area (TPSA) is 112 Å². The Morgan fingerprint density at radius 1 is 1.22 bits per heavy atom. The SMILES string of the molecule is CC.CNOCCO.Cc1ccc(Nc2c(C=O)n(Cc3cccc(C#N)c3)c3ccncc23)c(F)c1. The van der Waals surface area contributed by atoms with Gasteiger partial charge in [-0.25, -0.2) is 9.87 Å². The molecule has 0 unspecified atom stereocenters. The van der Waals surface area contributed by atoms with Gasteiger partial charge < -0.3 is 15.0 Å². The average Bonchev–Trinajstić information content (AvgIpc) is 3.22. The Labute approximate surface area is 216 Å². The zero-order chi connectivity index (χ0) is 27.2. The lowest BCUT2D eigenvalue weighted by Gasteiger charge is -2.10. The lowest BCUT2D eigenvalue weighted by atomic mass is 10.1. The number of aliphatic hydroxyl groups excluding tert-OH is 1. The number of anilines is 2. The van der Waals surface area contributed by atoms with E-state index in [9.17, 15) is 9.18 Å². The third kappa shape index (κ3) is 7.69. The van der Waals surface area contributed by atoms with E-state index in [1.54, 1.807) is 43.7 Å². The maximum absolute atomic E-state index is 14.4. The third-order valence-electron chi connectivity index (χ3n) is 5.14. The van der Waals surface area contributed by atoms with Gasteiger partial charge in [-0.05, 0) is 48.4 Å². The summed E-state index contributed by atoms with van der Waals surface area (Å²) in [6.45, 7) is 6.63. The van der Waals surface area contributed by atoms with Crippen molar-refractivity contribution in [3.8, 4) is 6.07 Å². The predicted octanol–water partition coefficient (Wildman–Crippen LogP) is 5.12. The lowest BCUT2D eigenvalue weighted by molar-refractivity contribution is 0.0314. The molecule has 0 spiro atoms. The van der Waals surface area contributed by atoms with Gasteiger partial charge in [-0.2, -0.15) is 5.26 Å². The van der Waals surface area contributed by atoms with E-state index in [1.807, 2.05) is 43.5 Å². The molecule has 2 aromatic heterocycles. The Balaban J connectivity index is 0.000000531. The molecule has 0 aliphatic heterocycles. The third-order valence-corrected chi connectivity index (χ3v) is 5.14. The van der Waals surface area contributed by atoms with Crippen LogP contribution < -0.4 is 10.8 Å². The van der Waals surface area contributed by atoms with Gasteiger partial charge in [-0.15, -0.1) is 0 Å². The molecule has 9 heteroatoms. The molecule has 37 heavy (non-hydrogen) atoms. The smallest absolute Gasteiger partial charge is 0.168 e. The number of halogens is 1. The minimum Gasteiger partial charge on any atom is -0.394 e. The molecule has 0 amide bonds. The summed E-state index contributed by atoms with van der Waals surface area (Å²) in [5.41, 5.74) is 6.61. The molecule has 0 bridgehead atoms. The number of nitriles is 1. The monoisotopic (exact) mass is 505 g/mol. The van der Waals surface area contributed by atoms with Crippen LogP contribution in [0.25, 0.3) is 10.9 Å². The van der Waals surface area contributed by atoms with E-state index in [1.165, 1.54) is 6.07 Å².